The fourth-order valence-corrected chi connectivity index (χ4v) is 5.59. The summed E-state index contributed by atoms with van der Waals surface area (Å²) in [6.45, 7) is 3.89. The zero-order valence-electron chi connectivity index (χ0n) is 19.6. The Morgan fingerprint density at radius 3 is 2.51 bits per heavy atom. The van der Waals surface area contributed by atoms with E-state index < -0.39 is 0 Å². The molecule has 7 heteroatoms. The lowest BCUT2D eigenvalue weighted by molar-refractivity contribution is -0.136. The number of anilines is 1. The van der Waals surface area contributed by atoms with Crippen molar-refractivity contribution in [2.45, 2.75) is 32.4 Å². The van der Waals surface area contributed by atoms with Gasteiger partial charge in [-0.15, -0.1) is 11.3 Å². The predicted molar refractivity (Wildman–Crippen MR) is 141 cm³/mol. The fourth-order valence-electron chi connectivity index (χ4n) is 4.70. The summed E-state index contributed by atoms with van der Waals surface area (Å²) in [5.41, 5.74) is 3.63. The first-order chi connectivity index (χ1) is 16.9. The van der Waals surface area contributed by atoms with Crippen LogP contribution in [0, 0.1) is 0 Å². The highest BCUT2D eigenvalue weighted by molar-refractivity contribution is 7.10. The highest BCUT2D eigenvalue weighted by Gasteiger charge is 2.37. The average molecular weight is 504 g/mol. The average Bonchev–Trinajstić information content (AvgIpc) is 3.53. The minimum absolute atomic E-state index is 0.00597. The zero-order chi connectivity index (χ0) is 24.5. The molecule has 2 amide bonds. The lowest BCUT2D eigenvalue weighted by Crippen LogP contribution is -2.49. The summed E-state index contributed by atoms with van der Waals surface area (Å²) in [5.74, 6) is -0.188. The summed E-state index contributed by atoms with van der Waals surface area (Å²) in [7, 11) is 0. The van der Waals surface area contributed by atoms with Crippen molar-refractivity contribution < 1.29 is 9.59 Å². The molecular weight excluding hydrogens is 478 g/mol. The van der Waals surface area contributed by atoms with Gasteiger partial charge >= 0.3 is 0 Å². The second kappa shape index (κ2) is 9.72. The highest BCUT2D eigenvalue weighted by atomic mass is 35.5. The van der Waals surface area contributed by atoms with E-state index in [4.69, 9.17) is 11.6 Å². The number of hydrogen-bond acceptors (Lipinski definition) is 3. The van der Waals surface area contributed by atoms with Gasteiger partial charge in [-0.05, 0) is 67.3 Å². The Kier molecular flexibility index (Phi) is 6.50. The minimum atomic E-state index is -0.368. The number of aromatic nitrogens is 1. The van der Waals surface area contributed by atoms with Crippen LogP contribution in [0.3, 0.4) is 0 Å². The molecule has 0 spiro atoms. The monoisotopic (exact) mass is 503 g/mol. The molecule has 0 radical (unpaired) electrons. The van der Waals surface area contributed by atoms with Crippen LogP contribution in [0.15, 0.2) is 84.4 Å². The van der Waals surface area contributed by atoms with Crippen LogP contribution in [0.5, 0.6) is 0 Å². The second-order valence-electron chi connectivity index (χ2n) is 8.88. The number of rotatable bonds is 6. The van der Waals surface area contributed by atoms with Crippen LogP contribution in [0.25, 0.3) is 5.69 Å². The normalized spacial score (nSPS) is 14.5. The summed E-state index contributed by atoms with van der Waals surface area (Å²) in [5, 5.41) is 2.57. The molecule has 2 aromatic heterocycles. The van der Waals surface area contributed by atoms with Gasteiger partial charge in [0.05, 0.1) is 23.5 Å². The number of thiophene rings is 1. The third kappa shape index (κ3) is 4.51. The third-order valence-corrected chi connectivity index (χ3v) is 7.42. The van der Waals surface area contributed by atoms with E-state index in [1.54, 1.807) is 16.2 Å². The fraction of sp³-hybridized carbons (Fsp3) is 0.214. The molecule has 2 aromatic carbocycles. The standard InChI is InChI=1S/C28H26ClN3O2S/c1-19(2)31(26(33)17-22-10-7-15-35-22)18-27(34)32-24-12-4-3-11-23(24)30-14-6-13-25(30)28(32)20-8-5-9-21(29)16-20/h3-16,19,28H,17-18H2,1-2H3. The maximum Gasteiger partial charge on any atom is 0.247 e. The number of hydrogen-bond donors (Lipinski definition) is 0. The first-order valence-corrected chi connectivity index (χ1v) is 12.9. The van der Waals surface area contributed by atoms with E-state index in [9.17, 15) is 9.59 Å². The van der Waals surface area contributed by atoms with Crippen molar-refractivity contribution in [3.63, 3.8) is 0 Å². The summed E-state index contributed by atoms with van der Waals surface area (Å²) < 4.78 is 2.12. The largest absolute Gasteiger partial charge is 0.331 e. The van der Waals surface area contributed by atoms with Crippen molar-refractivity contribution >= 4 is 40.4 Å². The van der Waals surface area contributed by atoms with Crippen molar-refractivity contribution in [3.8, 4) is 5.69 Å². The number of para-hydroxylation sites is 2. The zero-order valence-corrected chi connectivity index (χ0v) is 21.2. The lowest BCUT2D eigenvalue weighted by Gasteiger charge is -2.40. The van der Waals surface area contributed by atoms with Gasteiger partial charge in [0.15, 0.2) is 0 Å². The summed E-state index contributed by atoms with van der Waals surface area (Å²) in [4.78, 5) is 31.8. The van der Waals surface area contributed by atoms with Crippen molar-refractivity contribution in [3.05, 3.63) is 106 Å². The second-order valence-corrected chi connectivity index (χ2v) is 10.4. The van der Waals surface area contributed by atoms with E-state index >= 15 is 0 Å². The van der Waals surface area contributed by atoms with Crippen molar-refractivity contribution in [2.75, 3.05) is 11.4 Å². The Hall–Kier alpha value is -3.35. The van der Waals surface area contributed by atoms with Gasteiger partial charge in [0.1, 0.15) is 12.6 Å². The molecule has 4 aromatic rings. The minimum Gasteiger partial charge on any atom is -0.331 e. The number of amides is 2. The summed E-state index contributed by atoms with van der Waals surface area (Å²) >= 11 is 7.92. The Labute approximate surface area is 214 Å². The molecule has 0 bridgehead atoms. The SMILES string of the molecule is CC(C)N(CC(=O)N1c2ccccc2-n2cccc2C1c1cccc(Cl)c1)C(=O)Cc1cccs1. The molecule has 1 unspecified atom stereocenters. The molecule has 5 rings (SSSR count). The van der Waals surface area contributed by atoms with Gasteiger partial charge in [-0.1, -0.05) is 41.9 Å². The van der Waals surface area contributed by atoms with Crippen LogP contribution in [-0.4, -0.2) is 33.9 Å². The number of benzene rings is 2. The van der Waals surface area contributed by atoms with Crippen molar-refractivity contribution in [1.29, 1.82) is 0 Å². The van der Waals surface area contributed by atoms with E-state index in [1.807, 2.05) is 103 Å². The third-order valence-electron chi connectivity index (χ3n) is 6.31. The number of fused-ring (bicyclic) bond motifs is 3. The summed E-state index contributed by atoms with van der Waals surface area (Å²) in [6, 6.07) is 22.9. The van der Waals surface area contributed by atoms with Gasteiger partial charge in [0.25, 0.3) is 0 Å². The molecule has 1 aliphatic heterocycles. The van der Waals surface area contributed by atoms with Gasteiger partial charge in [0, 0.05) is 22.1 Å². The van der Waals surface area contributed by atoms with Crippen molar-refractivity contribution in [2.24, 2.45) is 0 Å². The molecule has 5 nitrogen and oxygen atoms in total. The smallest absolute Gasteiger partial charge is 0.247 e. The van der Waals surface area contributed by atoms with Crippen LogP contribution in [0.2, 0.25) is 5.02 Å². The molecule has 0 aliphatic carbocycles. The van der Waals surface area contributed by atoms with Crippen LogP contribution in [0.1, 0.15) is 36.0 Å². The quantitative estimate of drug-likeness (QED) is 0.319. The van der Waals surface area contributed by atoms with Crippen LogP contribution in [-0.2, 0) is 16.0 Å². The molecule has 178 valence electrons. The molecule has 3 heterocycles. The van der Waals surface area contributed by atoms with Gasteiger partial charge < -0.3 is 9.47 Å². The van der Waals surface area contributed by atoms with Crippen LogP contribution in [0.4, 0.5) is 5.69 Å². The predicted octanol–water partition coefficient (Wildman–Crippen LogP) is 6.11. The van der Waals surface area contributed by atoms with Crippen LogP contribution < -0.4 is 4.90 Å². The Morgan fingerprint density at radius 2 is 1.80 bits per heavy atom. The number of nitrogens with zero attached hydrogens (tertiary/aromatic N) is 3. The van der Waals surface area contributed by atoms with Gasteiger partial charge in [0.2, 0.25) is 11.8 Å². The van der Waals surface area contributed by atoms with Gasteiger partial charge in [-0.2, -0.15) is 0 Å². The Balaban J connectivity index is 1.55. The Bertz CT molecular complexity index is 1360. The molecule has 0 N–H and O–H groups in total. The first kappa shape index (κ1) is 23.4. The highest BCUT2D eigenvalue weighted by Crippen LogP contribution is 2.42. The Morgan fingerprint density at radius 1 is 1.00 bits per heavy atom. The molecule has 0 saturated heterocycles. The van der Waals surface area contributed by atoms with E-state index in [-0.39, 0.29) is 30.4 Å². The number of carbonyl (C=O) groups excluding carboxylic acids is 2. The van der Waals surface area contributed by atoms with Gasteiger partial charge in [-0.25, -0.2) is 0 Å². The van der Waals surface area contributed by atoms with E-state index in [2.05, 4.69) is 4.57 Å². The first-order valence-electron chi connectivity index (χ1n) is 11.6. The summed E-state index contributed by atoms with van der Waals surface area (Å²) in [6.07, 6.45) is 2.30. The molecule has 0 saturated carbocycles. The van der Waals surface area contributed by atoms with E-state index in [0.29, 0.717) is 11.4 Å². The molecule has 1 aliphatic rings. The molecule has 0 fully saturated rings. The van der Waals surface area contributed by atoms with E-state index in [1.165, 1.54) is 0 Å². The lowest BCUT2D eigenvalue weighted by atomic mass is 9.97. The van der Waals surface area contributed by atoms with Gasteiger partial charge in [-0.3, -0.25) is 14.5 Å². The number of halogens is 1. The maximum atomic E-state index is 14.1. The maximum absolute atomic E-state index is 14.1. The van der Waals surface area contributed by atoms with Crippen LogP contribution >= 0.6 is 22.9 Å². The molecular formula is C28H26ClN3O2S. The van der Waals surface area contributed by atoms with E-state index in [0.717, 1.165) is 27.5 Å². The van der Waals surface area contributed by atoms with Crippen molar-refractivity contribution in [1.82, 2.24) is 9.47 Å². The molecule has 35 heavy (non-hydrogen) atoms. The molecule has 1 atom stereocenters. The topological polar surface area (TPSA) is 45.6 Å². The number of carbonyl (C=O) groups is 2.